The van der Waals surface area contributed by atoms with Crippen molar-refractivity contribution in [2.75, 3.05) is 38.0 Å². The molecule has 0 fully saturated rings. The smallest absolute Gasteiger partial charge is 0.0641 e. The molecule has 0 spiro atoms. The fourth-order valence-corrected chi connectivity index (χ4v) is 2.42. The first-order valence-electron chi connectivity index (χ1n) is 5.89. The summed E-state index contributed by atoms with van der Waals surface area (Å²) < 4.78 is 5.38. The maximum Gasteiger partial charge on any atom is 0.0641 e. The van der Waals surface area contributed by atoms with Crippen LogP contribution in [0.2, 0.25) is 0 Å². The number of anilines is 1. The summed E-state index contributed by atoms with van der Waals surface area (Å²) in [6.45, 7) is 4.99. The normalized spacial score (nSPS) is 10.6. The monoisotopic (exact) mass is 254 g/mol. The van der Waals surface area contributed by atoms with Crippen molar-refractivity contribution in [3.63, 3.8) is 0 Å². The summed E-state index contributed by atoms with van der Waals surface area (Å²) in [5.74, 6) is 0. The Labute approximate surface area is 108 Å². The zero-order valence-electron chi connectivity index (χ0n) is 10.9. The highest BCUT2D eigenvalue weighted by molar-refractivity contribution is 7.98. The van der Waals surface area contributed by atoms with Crippen molar-refractivity contribution < 1.29 is 4.74 Å². The molecule has 1 rings (SSSR count). The molecular formula is C13H22N2OS. The number of thioether (sulfide) groups is 1. The number of hydrogen-bond acceptors (Lipinski definition) is 4. The van der Waals surface area contributed by atoms with Gasteiger partial charge in [-0.15, -0.1) is 11.8 Å². The van der Waals surface area contributed by atoms with Crippen LogP contribution in [0.1, 0.15) is 12.5 Å². The van der Waals surface area contributed by atoms with E-state index in [9.17, 15) is 0 Å². The predicted octanol–water partition coefficient (Wildman–Crippen LogP) is 2.34. The molecule has 0 saturated carbocycles. The van der Waals surface area contributed by atoms with Gasteiger partial charge in [-0.25, -0.2) is 0 Å². The van der Waals surface area contributed by atoms with Gasteiger partial charge in [-0.3, -0.25) is 0 Å². The molecule has 0 aliphatic carbocycles. The SMILES string of the molecule is CCOCCN(C)c1cccc(SC)c1CN. The van der Waals surface area contributed by atoms with Crippen LogP contribution in [0.4, 0.5) is 5.69 Å². The molecule has 0 saturated heterocycles. The minimum absolute atomic E-state index is 0.575. The quantitative estimate of drug-likeness (QED) is 0.599. The third kappa shape index (κ3) is 3.91. The average Bonchev–Trinajstić information content (AvgIpc) is 2.37. The number of nitrogens with two attached hydrogens (primary N) is 1. The van der Waals surface area contributed by atoms with Crippen LogP contribution in [-0.2, 0) is 11.3 Å². The highest BCUT2D eigenvalue weighted by Crippen LogP contribution is 2.28. The second-order valence-corrected chi connectivity index (χ2v) is 4.63. The molecule has 0 radical (unpaired) electrons. The molecule has 1 aromatic rings. The Kier molecular flexibility index (Phi) is 6.40. The first-order chi connectivity index (χ1) is 8.24. The van der Waals surface area contributed by atoms with Crippen molar-refractivity contribution in [1.29, 1.82) is 0 Å². The first-order valence-corrected chi connectivity index (χ1v) is 7.11. The van der Waals surface area contributed by atoms with E-state index < -0.39 is 0 Å². The van der Waals surface area contributed by atoms with Gasteiger partial charge in [0.2, 0.25) is 0 Å². The molecule has 4 heteroatoms. The number of benzene rings is 1. The zero-order valence-corrected chi connectivity index (χ0v) is 11.7. The van der Waals surface area contributed by atoms with Crippen molar-refractivity contribution in [2.24, 2.45) is 5.73 Å². The van der Waals surface area contributed by atoms with E-state index in [4.69, 9.17) is 10.5 Å². The molecule has 0 atom stereocenters. The maximum absolute atomic E-state index is 5.85. The molecule has 0 aromatic heterocycles. The van der Waals surface area contributed by atoms with E-state index in [2.05, 4.69) is 36.4 Å². The summed E-state index contributed by atoms with van der Waals surface area (Å²) in [4.78, 5) is 3.46. The van der Waals surface area contributed by atoms with Gasteiger partial charge in [0, 0.05) is 42.9 Å². The lowest BCUT2D eigenvalue weighted by Crippen LogP contribution is -2.24. The summed E-state index contributed by atoms with van der Waals surface area (Å²) in [5, 5.41) is 0. The standard InChI is InChI=1S/C13H22N2OS/c1-4-16-9-8-15(2)12-6-5-7-13(17-3)11(12)10-14/h5-7H,4,8-10,14H2,1-3H3. The van der Waals surface area contributed by atoms with Crippen LogP contribution in [0.15, 0.2) is 23.1 Å². The van der Waals surface area contributed by atoms with Gasteiger partial charge in [-0.05, 0) is 25.3 Å². The minimum atomic E-state index is 0.575. The van der Waals surface area contributed by atoms with Gasteiger partial charge < -0.3 is 15.4 Å². The molecule has 0 aliphatic rings. The number of hydrogen-bond donors (Lipinski definition) is 1. The molecule has 0 bridgehead atoms. The second kappa shape index (κ2) is 7.58. The lowest BCUT2D eigenvalue weighted by atomic mass is 10.1. The zero-order chi connectivity index (χ0) is 12.7. The molecule has 17 heavy (non-hydrogen) atoms. The average molecular weight is 254 g/mol. The predicted molar refractivity (Wildman–Crippen MR) is 75.9 cm³/mol. The van der Waals surface area contributed by atoms with E-state index in [0.717, 1.165) is 19.8 Å². The first kappa shape index (κ1) is 14.4. The molecule has 1 aromatic carbocycles. The molecule has 0 unspecified atom stereocenters. The van der Waals surface area contributed by atoms with Gasteiger partial charge in [0.05, 0.1) is 6.61 Å². The third-order valence-corrected chi connectivity index (χ3v) is 3.54. The van der Waals surface area contributed by atoms with Crippen molar-refractivity contribution in [1.82, 2.24) is 0 Å². The lowest BCUT2D eigenvalue weighted by molar-refractivity contribution is 0.154. The Balaban J connectivity index is 2.81. The Morgan fingerprint density at radius 1 is 1.41 bits per heavy atom. The van der Waals surface area contributed by atoms with Gasteiger partial charge in [-0.1, -0.05) is 6.07 Å². The van der Waals surface area contributed by atoms with Crippen molar-refractivity contribution in [3.8, 4) is 0 Å². The summed E-state index contributed by atoms with van der Waals surface area (Å²) >= 11 is 1.74. The fourth-order valence-electron chi connectivity index (χ4n) is 1.77. The molecule has 96 valence electrons. The maximum atomic E-state index is 5.85. The van der Waals surface area contributed by atoms with Crippen LogP contribution in [0.5, 0.6) is 0 Å². The Morgan fingerprint density at radius 2 is 2.18 bits per heavy atom. The lowest BCUT2D eigenvalue weighted by Gasteiger charge is -2.23. The number of nitrogens with zero attached hydrogens (tertiary/aromatic N) is 1. The minimum Gasteiger partial charge on any atom is -0.380 e. The molecular weight excluding hydrogens is 232 g/mol. The highest BCUT2D eigenvalue weighted by Gasteiger charge is 2.09. The topological polar surface area (TPSA) is 38.5 Å². The second-order valence-electron chi connectivity index (χ2n) is 3.78. The summed E-state index contributed by atoms with van der Waals surface area (Å²) in [7, 11) is 2.08. The van der Waals surface area contributed by atoms with Crippen LogP contribution in [0.25, 0.3) is 0 Å². The van der Waals surface area contributed by atoms with E-state index in [-0.39, 0.29) is 0 Å². The highest BCUT2D eigenvalue weighted by atomic mass is 32.2. The summed E-state index contributed by atoms with van der Waals surface area (Å²) in [6.07, 6.45) is 2.08. The summed E-state index contributed by atoms with van der Waals surface area (Å²) in [6, 6.07) is 6.32. The number of likely N-dealkylation sites (N-methyl/N-ethyl adjacent to an activating group) is 1. The van der Waals surface area contributed by atoms with Gasteiger partial charge in [0.15, 0.2) is 0 Å². The van der Waals surface area contributed by atoms with Crippen LogP contribution >= 0.6 is 11.8 Å². The van der Waals surface area contributed by atoms with Crippen LogP contribution in [0.3, 0.4) is 0 Å². The van der Waals surface area contributed by atoms with Crippen molar-refractivity contribution in [3.05, 3.63) is 23.8 Å². The Bertz CT molecular complexity index is 344. The van der Waals surface area contributed by atoms with E-state index in [1.165, 1.54) is 16.1 Å². The molecule has 0 aliphatic heterocycles. The van der Waals surface area contributed by atoms with Gasteiger partial charge in [-0.2, -0.15) is 0 Å². The largest absolute Gasteiger partial charge is 0.380 e. The molecule has 0 amide bonds. The van der Waals surface area contributed by atoms with Gasteiger partial charge in [0.1, 0.15) is 0 Å². The van der Waals surface area contributed by atoms with Crippen molar-refractivity contribution in [2.45, 2.75) is 18.4 Å². The number of ether oxygens (including phenoxy) is 1. The van der Waals surface area contributed by atoms with E-state index in [1.54, 1.807) is 11.8 Å². The van der Waals surface area contributed by atoms with Gasteiger partial charge in [0.25, 0.3) is 0 Å². The van der Waals surface area contributed by atoms with E-state index in [0.29, 0.717) is 6.54 Å². The van der Waals surface area contributed by atoms with Crippen LogP contribution < -0.4 is 10.6 Å². The van der Waals surface area contributed by atoms with Crippen LogP contribution in [0, 0.1) is 0 Å². The third-order valence-electron chi connectivity index (χ3n) is 2.72. The van der Waals surface area contributed by atoms with E-state index in [1.807, 2.05) is 6.92 Å². The van der Waals surface area contributed by atoms with Crippen molar-refractivity contribution >= 4 is 17.4 Å². The summed E-state index contributed by atoms with van der Waals surface area (Å²) in [5.41, 5.74) is 8.28. The van der Waals surface area contributed by atoms with E-state index >= 15 is 0 Å². The molecule has 3 nitrogen and oxygen atoms in total. The fraction of sp³-hybridized carbons (Fsp3) is 0.538. The van der Waals surface area contributed by atoms with Gasteiger partial charge >= 0.3 is 0 Å². The molecule has 2 N–H and O–H groups in total. The molecule has 0 heterocycles. The Morgan fingerprint density at radius 3 is 2.76 bits per heavy atom. The Hall–Kier alpha value is -0.710. The van der Waals surface area contributed by atoms with Crippen LogP contribution in [-0.4, -0.2) is 33.1 Å². The number of rotatable bonds is 7.